The van der Waals surface area contributed by atoms with Crippen molar-refractivity contribution in [1.29, 1.82) is 0 Å². The van der Waals surface area contributed by atoms with Gasteiger partial charge in [-0.2, -0.15) is 0 Å². The number of aromatic nitrogens is 3. The summed E-state index contributed by atoms with van der Waals surface area (Å²) >= 11 is 0. The first kappa shape index (κ1) is 11.8. The highest BCUT2D eigenvalue weighted by Gasteiger charge is 2.11. The molecule has 0 aromatic carbocycles. The van der Waals surface area contributed by atoms with E-state index in [1.165, 1.54) is 4.52 Å². The molecule has 0 aliphatic rings. The highest BCUT2D eigenvalue weighted by atomic mass is 16.5. The Kier molecular flexibility index (Phi) is 3.26. The first-order chi connectivity index (χ1) is 8.17. The van der Waals surface area contributed by atoms with E-state index in [0.29, 0.717) is 30.8 Å². The molecule has 0 saturated carbocycles. The van der Waals surface area contributed by atoms with Crippen molar-refractivity contribution in [1.82, 2.24) is 14.6 Å². The quantitative estimate of drug-likeness (QED) is 0.781. The molecule has 2 aromatic rings. The minimum Gasteiger partial charge on any atom is -0.378 e. The van der Waals surface area contributed by atoms with Crippen molar-refractivity contribution in [3.8, 4) is 0 Å². The topological polar surface area (TPSA) is 85.4 Å². The molecular formula is C11H16N4O2. The van der Waals surface area contributed by atoms with Gasteiger partial charge in [-0.3, -0.25) is 9.89 Å². The second-order valence-electron chi connectivity index (χ2n) is 3.93. The Balaban J connectivity index is 2.61. The standard InChI is InChI=1S/C11H16N4O2/c1-7-9(3-4-12)11(16)15-10(13-7)5-8(14-15)6-17-2/h5,14H,3-4,6,12H2,1-2H3. The first-order valence-electron chi connectivity index (χ1n) is 5.46. The number of fused-ring (bicyclic) bond motifs is 1. The number of ether oxygens (including phenoxy) is 1. The van der Waals surface area contributed by atoms with Crippen LogP contribution in [0.4, 0.5) is 0 Å². The second-order valence-corrected chi connectivity index (χ2v) is 3.93. The Labute approximate surface area is 98.4 Å². The van der Waals surface area contributed by atoms with Crippen LogP contribution in [0.15, 0.2) is 10.9 Å². The molecule has 92 valence electrons. The molecule has 6 nitrogen and oxygen atoms in total. The molecule has 0 aliphatic heterocycles. The van der Waals surface area contributed by atoms with E-state index in [-0.39, 0.29) is 5.56 Å². The van der Waals surface area contributed by atoms with Crippen molar-refractivity contribution in [2.75, 3.05) is 13.7 Å². The zero-order chi connectivity index (χ0) is 12.4. The van der Waals surface area contributed by atoms with Gasteiger partial charge in [-0.05, 0) is 19.9 Å². The first-order valence-corrected chi connectivity index (χ1v) is 5.46. The molecule has 0 aliphatic carbocycles. The summed E-state index contributed by atoms with van der Waals surface area (Å²) in [4.78, 5) is 16.5. The molecule has 0 unspecified atom stereocenters. The summed E-state index contributed by atoms with van der Waals surface area (Å²) < 4.78 is 6.45. The molecule has 0 amide bonds. The lowest BCUT2D eigenvalue weighted by molar-refractivity contribution is 0.181. The third-order valence-corrected chi connectivity index (χ3v) is 2.66. The van der Waals surface area contributed by atoms with Gasteiger partial charge in [0, 0.05) is 24.4 Å². The lowest BCUT2D eigenvalue weighted by Gasteiger charge is -2.03. The summed E-state index contributed by atoms with van der Waals surface area (Å²) in [6, 6.07) is 1.81. The second kappa shape index (κ2) is 4.68. The highest BCUT2D eigenvalue weighted by molar-refractivity contribution is 5.41. The van der Waals surface area contributed by atoms with Crippen LogP contribution in [-0.2, 0) is 17.8 Å². The van der Waals surface area contributed by atoms with Crippen LogP contribution in [0.2, 0.25) is 0 Å². The van der Waals surface area contributed by atoms with Gasteiger partial charge in [-0.15, -0.1) is 0 Å². The molecule has 0 fully saturated rings. The van der Waals surface area contributed by atoms with E-state index in [1.54, 1.807) is 7.11 Å². The van der Waals surface area contributed by atoms with Gasteiger partial charge in [0.2, 0.25) is 0 Å². The summed E-state index contributed by atoms with van der Waals surface area (Å²) in [6.45, 7) is 2.69. The zero-order valence-corrected chi connectivity index (χ0v) is 9.99. The van der Waals surface area contributed by atoms with Crippen LogP contribution in [0, 0.1) is 6.92 Å². The van der Waals surface area contributed by atoms with Gasteiger partial charge < -0.3 is 10.5 Å². The van der Waals surface area contributed by atoms with Crippen LogP contribution in [0.3, 0.4) is 0 Å². The van der Waals surface area contributed by atoms with Crippen LogP contribution >= 0.6 is 0 Å². The van der Waals surface area contributed by atoms with Crippen LogP contribution < -0.4 is 11.3 Å². The smallest absolute Gasteiger partial charge is 0.276 e. The highest BCUT2D eigenvalue weighted by Crippen LogP contribution is 2.06. The van der Waals surface area contributed by atoms with Gasteiger partial charge in [0.1, 0.15) is 0 Å². The maximum Gasteiger partial charge on any atom is 0.276 e. The van der Waals surface area contributed by atoms with Gasteiger partial charge in [0.15, 0.2) is 5.65 Å². The van der Waals surface area contributed by atoms with Gasteiger partial charge in [-0.1, -0.05) is 0 Å². The Morgan fingerprint density at radius 2 is 2.35 bits per heavy atom. The number of methoxy groups -OCH3 is 1. The molecule has 2 rings (SSSR count). The van der Waals surface area contributed by atoms with E-state index in [1.807, 2.05) is 13.0 Å². The van der Waals surface area contributed by atoms with Gasteiger partial charge in [0.25, 0.3) is 5.56 Å². The van der Waals surface area contributed by atoms with Crippen LogP contribution in [0.5, 0.6) is 0 Å². The molecule has 0 saturated heterocycles. The van der Waals surface area contributed by atoms with E-state index in [2.05, 4.69) is 10.1 Å². The molecule has 6 heteroatoms. The van der Waals surface area contributed by atoms with Gasteiger partial charge in [-0.25, -0.2) is 9.50 Å². The Bertz CT molecular complexity index is 585. The van der Waals surface area contributed by atoms with Crippen LogP contribution in [0.25, 0.3) is 5.65 Å². The summed E-state index contributed by atoms with van der Waals surface area (Å²) in [5.74, 6) is 0. The number of H-pyrrole nitrogens is 1. The summed E-state index contributed by atoms with van der Waals surface area (Å²) in [6.07, 6.45) is 0.541. The number of rotatable bonds is 4. The summed E-state index contributed by atoms with van der Waals surface area (Å²) in [5, 5.41) is 2.97. The Morgan fingerprint density at radius 1 is 1.59 bits per heavy atom. The predicted molar refractivity (Wildman–Crippen MR) is 64.0 cm³/mol. The Hall–Kier alpha value is -1.66. The minimum atomic E-state index is -0.0831. The number of aromatic amines is 1. The van der Waals surface area contributed by atoms with E-state index in [0.717, 1.165) is 11.4 Å². The third kappa shape index (κ3) is 2.09. The number of hydrogen-bond acceptors (Lipinski definition) is 4. The molecule has 2 heterocycles. The average Bonchev–Trinajstić information content (AvgIpc) is 2.67. The fourth-order valence-corrected chi connectivity index (χ4v) is 1.88. The third-order valence-electron chi connectivity index (χ3n) is 2.66. The SMILES string of the molecule is COCc1cc2nc(C)c(CCN)c(=O)n2[nH]1. The fourth-order valence-electron chi connectivity index (χ4n) is 1.88. The van der Waals surface area contributed by atoms with Crippen LogP contribution in [0.1, 0.15) is 17.0 Å². The normalized spacial score (nSPS) is 11.2. The maximum absolute atomic E-state index is 12.2. The average molecular weight is 236 g/mol. The molecular weight excluding hydrogens is 220 g/mol. The van der Waals surface area contributed by atoms with E-state index >= 15 is 0 Å². The maximum atomic E-state index is 12.2. The van der Waals surface area contributed by atoms with Crippen molar-refractivity contribution in [3.63, 3.8) is 0 Å². The van der Waals surface area contributed by atoms with E-state index in [4.69, 9.17) is 10.5 Å². The largest absolute Gasteiger partial charge is 0.378 e. The molecule has 0 bridgehead atoms. The molecule has 3 N–H and O–H groups in total. The lowest BCUT2D eigenvalue weighted by atomic mass is 10.2. The minimum absolute atomic E-state index is 0.0831. The number of nitrogens with one attached hydrogen (secondary N) is 1. The predicted octanol–water partition coefficient (Wildman–Crippen LogP) is -0.0214. The number of aryl methyl sites for hydroxylation is 1. The van der Waals surface area contributed by atoms with E-state index < -0.39 is 0 Å². The summed E-state index contributed by atoms with van der Waals surface area (Å²) in [5.41, 5.74) is 8.24. The summed E-state index contributed by atoms with van der Waals surface area (Å²) in [7, 11) is 1.60. The molecule has 0 spiro atoms. The molecule has 0 atom stereocenters. The van der Waals surface area contributed by atoms with Crippen molar-refractivity contribution < 1.29 is 4.74 Å². The Morgan fingerprint density at radius 3 is 3.00 bits per heavy atom. The molecule has 2 aromatic heterocycles. The van der Waals surface area contributed by atoms with Crippen molar-refractivity contribution >= 4 is 5.65 Å². The molecule has 17 heavy (non-hydrogen) atoms. The fraction of sp³-hybridized carbons (Fsp3) is 0.455. The zero-order valence-electron chi connectivity index (χ0n) is 9.99. The van der Waals surface area contributed by atoms with Gasteiger partial charge >= 0.3 is 0 Å². The van der Waals surface area contributed by atoms with E-state index in [9.17, 15) is 4.79 Å². The number of hydrogen-bond donors (Lipinski definition) is 2. The number of nitrogens with two attached hydrogens (primary N) is 1. The lowest BCUT2D eigenvalue weighted by Crippen LogP contribution is -2.23. The van der Waals surface area contributed by atoms with Gasteiger partial charge in [0.05, 0.1) is 12.3 Å². The van der Waals surface area contributed by atoms with Crippen molar-refractivity contribution in [2.24, 2.45) is 5.73 Å². The van der Waals surface area contributed by atoms with Crippen molar-refractivity contribution in [3.05, 3.63) is 33.4 Å². The van der Waals surface area contributed by atoms with Crippen molar-refractivity contribution in [2.45, 2.75) is 20.0 Å². The number of nitrogens with zero attached hydrogens (tertiary/aromatic N) is 2. The van der Waals surface area contributed by atoms with Crippen LogP contribution in [-0.4, -0.2) is 28.3 Å². The molecule has 0 radical (unpaired) electrons. The monoisotopic (exact) mass is 236 g/mol.